The van der Waals surface area contributed by atoms with Gasteiger partial charge in [0.05, 0.1) is 0 Å². The van der Waals surface area contributed by atoms with Crippen molar-refractivity contribution < 1.29 is 0 Å². The van der Waals surface area contributed by atoms with Gasteiger partial charge < -0.3 is 4.90 Å². The topological polar surface area (TPSA) is 15.6 Å². The molecule has 0 heterocycles. The fraction of sp³-hybridized carbons (Fsp3) is 0.364. The molecule has 0 N–H and O–H groups in total. The van der Waals surface area contributed by atoms with Gasteiger partial charge in [-0.25, -0.2) is 4.99 Å². The molecule has 72 valence electrons. The molecule has 0 aliphatic heterocycles. The van der Waals surface area contributed by atoms with Crippen LogP contribution in [-0.4, -0.2) is 17.7 Å². The molecule has 0 aliphatic carbocycles. The lowest BCUT2D eigenvalue weighted by atomic mass is 10.4. The van der Waals surface area contributed by atoms with Gasteiger partial charge in [-0.3, -0.25) is 0 Å². The minimum absolute atomic E-state index is 0.711. The third-order valence-electron chi connectivity index (χ3n) is 1.67. The van der Waals surface area contributed by atoms with E-state index in [0.29, 0.717) is 5.82 Å². The molecular weight excluding hydrogens is 160 g/mol. The van der Waals surface area contributed by atoms with Gasteiger partial charge in [-0.1, -0.05) is 19.2 Å². The van der Waals surface area contributed by atoms with Crippen molar-refractivity contribution in [2.75, 3.05) is 7.05 Å². The minimum atomic E-state index is 0.711. The third kappa shape index (κ3) is 4.31. The molecule has 0 atom stereocenters. The average molecular weight is 178 g/mol. The number of hydrogen-bond acceptors (Lipinski definition) is 2. The second kappa shape index (κ2) is 5.36. The maximum Gasteiger partial charge on any atom is 0.125 e. The van der Waals surface area contributed by atoms with E-state index in [0.717, 1.165) is 11.4 Å². The first-order chi connectivity index (χ1) is 5.99. The quantitative estimate of drug-likeness (QED) is 0.604. The normalized spacial score (nSPS) is 11.8. The molecular formula is C11H18N2. The molecule has 0 rings (SSSR count). The molecule has 0 amide bonds. The van der Waals surface area contributed by atoms with Gasteiger partial charge in [-0.15, -0.1) is 0 Å². The molecule has 0 bridgehead atoms. The van der Waals surface area contributed by atoms with Gasteiger partial charge in [-0.05, 0) is 26.8 Å². The summed E-state index contributed by atoms with van der Waals surface area (Å²) in [5.41, 5.74) is 1.88. The minimum Gasteiger partial charge on any atom is -0.335 e. The zero-order valence-electron chi connectivity index (χ0n) is 8.96. The van der Waals surface area contributed by atoms with Crippen LogP contribution in [0.2, 0.25) is 0 Å². The van der Waals surface area contributed by atoms with Crippen molar-refractivity contribution >= 4 is 5.71 Å². The highest BCUT2D eigenvalue weighted by Gasteiger charge is 1.99. The van der Waals surface area contributed by atoms with E-state index in [4.69, 9.17) is 0 Å². The van der Waals surface area contributed by atoms with Crippen LogP contribution in [0.1, 0.15) is 20.8 Å². The maximum atomic E-state index is 4.29. The van der Waals surface area contributed by atoms with Gasteiger partial charge in [0, 0.05) is 18.5 Å². The first kappa shape index (κ1) is 11.7. The Bertz CT molecular complexity index is 259. The molecule has 13 heavy (non-hydrogen) atoms. The molecule has 0 saturated heterocycles. The molecule has 0 aromatic carbocycles. The summed E-state index contributed by atoms with van der Waals surface area (Å²) in [5, 5.41) is 0. The summed E-state index contributed by atoms with van der Waals surface area (Å²) in [4.78, 5) is 6.14. The summed E-state index contributed by atoms with van der Waals surface area (Å²) in [6.45, 7) is 13.5. The highest BCUT2D eigenvalue weighted by molar-refractivity contribution is 5.93. The van der Waals surface area contributed by atoms with Crippen molar-refractivity contribution in [2.24, 2.45) is 4.99 Å². The van der Waals surface area contributed by atoms with Crippen LogP contribution in [0.15, 0.2) is 41.8 Å². The molecule has 0 aromatic heterocycles. The Labute approximate surface area is 81.0 Å². The van der Waals surface area contributed by atoms with Gasteiger partial charge in [0.15, 0.2) is 0 Å². The van der Waals surface area contributed by atoms with Gasteiger partial charge in [0.1, 0.15) is 5.82 Å². The van der Waals surface area contributed by atoms with Gasteiger partial charge >= 0.3 is 0 Å². The third-order valence-corrected chi connectivity index (χ3v) is 1.67. The van der Waals surface area contributed by atoms with Crippen LogP contribution < -0.4 is 0 Å². The lowest BCUT2D eigenvalue weighted by Crippen LogP contribution is -2.12. The zero-order chi connectivity index (χ0) is 10.4. The Morgan fingerprint density at radius 3 is 2.23 bits per heavy atom. The van der Waals surface area contributed by atoms with E-state index in [9.17, 15) is 0 Å². The molecule has 0 spiro atoms. The number of hydrogen-bond donors (Lipinski definition) is 0. The van der Waals surface area contributed by atoms with Crippen molar-refractivity contribution in [3.8, 4) is 0 Å². The van der Waals surface area contributed by atoms with Crippen LogP contribution in [-0.2, 0) is 0 Å². The van der Waals surface area contributed by atoms with E-state index >= 15 is 0 Å². The Morgan fingerprint density at radius 2 is 1.85 bits per heavy atom. The van der Waals surface area contributed by atoms with Gasteiger partial charge in [0.2, 0.25) is 0 Å². The largest absolute Gasteiger partial charge is 0.335 e. The Balaban J connectivity index is 4.46. The predicted octanol–water partition coefficient (Wildman–Crippen LogP) is 2.96. The average Bonchev–Trinajstić information content (AvgIpc) is 2.03. The second-order valence-corrected chi connectivity index (χ2v) is 2.96. The van der Waals surface area contributed by atoms with E-state index in [1.165, 1.54) is 0 Å². The molecule has 0 fully saturated rings. The summed E-state index contributed by atoms with van der Waals surface area (Å²) >= 11 is 0. The fourth-order valence-electron chi connectivity index (χ4n) is 0.777. The summed E-state index contributed by atoms with van der Waals surface area (Å²) in [6.07, 6.45) is 3.89. The first-order valence-electron chi connectivity index (χ1n) is 4.25. The molecule has 0 saturated carbocycles. The van der Waals surface area contributed by atoms with Crippen LogP contribution in [0.3, 0.4) is 0 Å². The maximum absolute atomic E-state index is 4.29. The lowest BCUT2D eigenvalue weighted by Gasteiger charge is -2.17. The van der Waals surface area contributed by atoms with E-state index in [1.807, 2.05) is 44.9 Å². The summed E-state index contributed by atoms with van der Waals surface area (Å²) in [5.74, 6) is 0.711. The van der Waals surface area contributed by atoms with Crippen molar-refractivity contribution in [2.45, 2.75) is 20.8 Å². The van der Waals surface area contributed by atoms with Gasteiger partial charge in [0.25, 0.3) is 0 Å². The molecule has 0 radical (unpaired) electrons. The van der Waals surface area contributed by atoms with Crippen molar-refractivity contribution in [3.63, 3.8) is 0 Å². The summed E-state index contributed by atoms with van der Waals surface area (Å²) in [7, 11) is 1.90. The highest BCUT2D eigenvalue weighted by atomic mass is 15.2. The Kier molecular flexibility index (Phi) is 4.82. The summed E-state index contributed by atoms with van der Waals surface area (Å²) < 4.78 is 0. The van der Waals surface area contributed by atoms with Crippen molar-refractivity contribution in [1.82, 2.24) is 4.90 Å². The van der Waals surface area contributed by atoms with Crippen molar-refractivity contribution in [3.05, 3.63) is 36.8 Å². The Morgan fingerprint density at radius 1 is 1.31 bits per heavy atom. The van der Waals surface area contributed by atoms with E-state index in [-0.39, 0.29) is 0 Å². The van der Waals surface area contributed by atoms with E-state index in [1.54, 1.807) is 0 Å². The highest BCUT2D eigenvalue weighted by Crippen LogP contribution is 2.07. The molecule has 0 aliphatic rings. The summed E-state index contributed by atoms with van der Waals surface area (Å²) in [6, 6.07) is 0. The number of nitrogens with zero attached hydrogens (tertiary/aromatic N) is 2. The van der Waals surface area contributed by atoms with Crippen LogP contribution in [0.5, 0.6) is 0 Å². The van der Waals surface area contributed by atoms with Gasteiger partial charge in [-0.2, -0.15) is 0 Å². The predicted molar refractivity (Wildman–Crippen MR) is 59.6 cm³/mol. The molecule has 2 nitrogen and oxygen atoms in total. The monoisotopic (exact) mass is 178 g/mol. The smallest absolute Gasteiger partial charge is 0.125 e. The number of allylic oxidation sites excluding steroid dienone is 3. The first-order valence-corrected chi connectivity index (χ1v) is 4.25. The van der Waals surface area contributed by atoms with E-state index < -0.39 is 0 Å². The second-order valence-electron chi connectivity index (χ2n) is 2.96. The SMILES string of the molecule is C=C(C)N(C)C(=C)/N=C(C)\C=C/C. The molecule has 2 heteroatoms. The Hall–Kier alpha value is -1.31. The molecule has 0 unspecified atom stereocenters. The standard InChI is InChI=1S/C11H18N2/c1-7-8-10(4)12-11(5)13(6)9(2)3/h7-8H,2,5H2,1,3-4,6H3/b8-7-,12-10-. The van der Waals surface area contributed by atoms with Crippen LogP contribution in [0, 0.1) is 0 Å². The van der Waals surface area contributed by atoms with Crippen molar-refractivity contribution in [1.29, 1.82) is 0 Å². The van der Waals surface area contributed by atoms with Crippen LogP contribution >= 0.6 is 0 Å². The van der Waals surface area contributed by atoms with Crippen LogP contribution in [0.4, 0.5) is 0 Å². The number of aliphatic imine (C=N–C) groups is 1. The molecule has 0 aromatic rings. The fourth-order valence-corrected chi connectivity index (χ4v) is 0.777. The van der Waals surface area contributed by atoms with Crippen LogP contribution in [0.25, 0.3) is 0 Å². The van der Waals surface area contributed by atoms with E-state index in [2.05, 4.69) is 18.2 Å². The lowest BCUT2D eigenvalue weighted by molar-refractivity contribution is 0.520. The number of rotatable bonds is 4. The zero-order valence-corrected chi connectivity index (χ0v) is 8.96.